The maximum absolute atomic E-state index is 13.1. The number of Topliss-reactive ketones (excluding diaryl/α,β-unsaturated/α-hetero) is 1. The van der Waals surface area contributed by atoms with Crippen LogP contribution in [0.3, 0.4) is 0 Å². The van der Waals surface area contributed by atoms with Crippen molar-refractivity contribution in [2.24, 2.45) is 5.92 Å². The minimum Gasteiger partial charge on any atom is -0.382 e. The van der Waals surface area contributed by atoms with Gasteiger partial charge in [0.15, 0.2) is 17.8 Å². The number of alkyl halides is 3. The van der Waals surface area contributed by atoms with Crippen LogP contribution in [0.5, 0.6) is 0 Å². The molecule has 204 valence electrons. The molecular formula is C25H23ClF3N7O3. The second-order valence-corrected chi connectivity index (χ2v) is 9.85. The van der Waals surface area contributed by atoms with Crippen molar-refractivity contribution in [3.05, 3.63) is 75.9 Å². The van der Waals surface area contributed by atoms with Gasteiger partial charge in [-0.15, -0.1) is 10.2 Å². The Morgan fingerprint density at radius 2 is 1.90 bits per heavy atom. The van der Waals surface area contributed by atoms with E-state index in [1.165, 1.54) is 35.3 Å². The van der Waals surface area contributed by atoms with E-state index >= 15 is 0 Å². The van der Waals surface area contributed by atoms with Gasteiger partial charge in [-0.3, -0.25) is 14.3 Å². The van der Waals surface area contributed by atoms with Crippen molar-refractivity contribution < 1.29 is 23.1 Å². The maximum Gasteiger partial charge on any atom is 0.416 e. The van der Waals surface area contributed by atoms with Crippen molar-refractivity contribution in [3.63, 3.8) is 0 Å². The number of pyridine rings is 1. The monoisotopic (exact) mass is 561 g/mol. The van der Waals surface area contributed by atoms with Crippen LogP contribution in [-0.4, -0.2) is 57.3 Å². The van der Waals surface area contributed by atoms with Gasteiger partial charge in [-0.1, -0.05) is 11.6 Å². The fourth-order valence-corrected chi connectivity index (χ4v) is 4.24. The molecule has 10 nitrogen and oxygen atoms in total. The van der Waals surface area contributed by atoms with Crippen molar-refractivity contribution in [1.29, 1.82) is 0 Å². The lowest BCUT2D eigenvalue weighted by Gasteiger charge is -2.15. The van der Waals surface area contributed by atoms with E-state index in [-0.39, 0.29) is 30.4 Å². The number of aliphatic hydroxyl groups excluding tert-OH is 1. The van der Waals surface area contributed by atoms with Crippen molar-refractivity contribution in [2.45, 2.75) is 51.1 Å². The molecule has 5 rings (SSSR count). The molecule has 1 aromatic carbocycles. The highest BCUT2D eigenvalue weighted by atomic mass is 35.5. The van der Waals surface area contributed by atoms with Gasteiger partial charge in [0.2, 0.25) is 0 Å². The Morgan fingerprint density at radius 1 is 1.15 bits per heavy atom. The standard InChI is InChI=1S/C25H23ClF3N7O3/c26-18-5-3-16(4-6-18)23-33-35(24(39)34(23)12-21(38)25(27,28)29)13-22-31-14-36(32-22)20-11-30-8-7-17(20)10-19(37)9-15-1-2-15/h3-8,11,14-15,21,38H,1-2,9-10,12-13H2/t21-/m0/s1. The van der Waals surface area contributed by atoms with Gasteiger partial charge in [0, 0.05) is 29.6 Å². The lowest BCUT2D eigenvalue weighted by molar-refractivity contribution is -0.207. The first kappa shape index (κ1) is 26.8. The third-order valence-corrected chi connectivity index (χ3v) is 6.58. The summed E-state index contributed by atoms with van der Waals surface area (Å²) in [6.45, 7) is -1.30. The minimum atomic E-state index is -4.93. The molecule has 0 radical (unpaired) electrons. The van der Waals surface area contributed by atoms with Crippen LogP contribution in [0.1, 0.15) is 30.7 Å². The van der Waals surface area contributed by atoms with Crippen molar-refractivity contribution in [2.75, 3.05) is 0 Å². The zero-order chi connectivity index (χ0) is 27.7. The molecular weight excluding hydrogens is 539 g/mol. The lowest BCUT2D eigenvalue weighted by atomic mass is 10.0. The number of carbonyl (C=O) groups excluding carboxylic acids is 1. The minimum absolute atomic E-state index is 0.0804. The summed E-state index contributed by atoms with van der Waals surface area (Å²) in [5.74, 6) is 0.662. The molecule has 1 fully saturated rings. The predicted molar refractivity (Wildman–Crippen MR) is 133 cm³/mol. The van der Waals surface area contributed by atoms with Crippen LogP contribution < -0.4 is 5.69 Å². The Labute approximate surface area is 224 Å². The fourth-order valence-electron chi connectivity index (χ4n) is 4.12. The van der Waals surface area contributed by atoms with Crippen molar-refractivity contribution in [1.82, 2.24) is 34.1 Å². The first-order valence-corrected chi connectivity index (χ1v) is 12.5. The third-order valence-electron chi connectivity index (χ3n) is 6.32. The second-order valence-electron chi connectivity index (χ2n) is 9.41. The number of carbonyl (C=O) groups is 1. The van der Waals surface area contributed by atoms with E-state index in [0.29, 0.717) is 28.6 Å². The Morgan fingerprint density at radius 3 is 2.59 bits per heavy atom. The zero-order valence-corrected chi connectivity index (χ0v) is 21.2. The van der Waals surface area contributed by atoms with E-state index in [9.17, 15) is 27.9 Å². The summed E-state index contributed by atoms with van der Waals surface area (Å²) in [5.41, 5.74) is 0.722. The maximum atomic E-state index is 13.1. The van der Waals surface area contributed by atoms with Crippen molar-refractivity contribution >= 4 is 17.4 Å². The van der Waals surface area contributed by atoms with Crippen LogP contribution in [0, 0.1) is 5.92 Å². The number of nitrogens with zero attached hydrogens (tertiary/aromatic N) is 7. The normalized spacial score (nSPS) is 14.5. The summed E-state index contributed by atoms with van der Waals surface area (Å²) in [6, 6.07) is 7.76. The molecule has 1 aliphatic carbocycles. The molecule has 14 heteroatoms. The topological polar surface area (TPSA) is 121 Å². The van der Waals surface area contributed by atoms with Crippen LogP contribution in [-0.2, 0) is 24.3 Å². The van der Waals surface area contributed by atoms with Gasteiger partial charge in [-0.2, -0.15) is 13.2 Å². The summed E-state index contributed by atoms with van der Waals surface area (Å²) >= 11 is 5.92. The summed E-state index contributed by atoms with van der Waals surface area (Å²) < 4.78 is 42.4. The number of halogens is 4. The quantitative estimate of drug-likeness (QED) is 0.315. The molecule has 0 spiro atoms. The summed E-state index contributed by atoms with van der Waals surface area (Å²) in [6.07, 6.45) is -0.262. The number of ketones is 1. The molecule has 3 aromatic heterocycles. The largest absolute Gasteiger partial charge is 0.416 e. The summed E-state index contributed by atoms with van der Waals surface area (Å²) in [7, 11) is 0. The lowest BCUT2D eigenvalue weighted by Crippen LogP contribution is -2.37. The first-order chi connectivity index (χ1) is 18.6. The zero-order valence-electron chi connectivity index (χ0n) is 20.4. The molecule has 0 saturated heterocycles. The van der Waals surface area contributed by atoms with E-state index in [1.54, 1.807) is 18.5 Å². The van der Waals surface area contributed by atoms with Gasteiger partial charge in [-0.25, -0.2) is 19.1 Å². The van der Waals surface area contributed by atoms with Gasteiger partial charge in [-0.05, 0) is 54.7 Å². The molecule has 1 N–H and O–H groups in total. The molecule has 0 amide bonds. The average Bonchev–Trinajstić information content (AvgIpc) is 3.49. The number of hydrogen-bond acceptors (Lipinski definition) is 7. The van der Waals surface area contributed by atoms with Crippen LogP contribution in [0.4, 0.5) is 13.2 Å². The van der Waals surface area contributed by atoms with E-state index in [1.807, 2.05) is 0 Å². The highest BCUT2D eigenvalue weighted by molar-refractivity contribution is 6.30. The number of aliphatic hydroxyl groups is 1. The predicted octanol–water partition coefficient (Wildman–Crippen LogP) is 3.22. The third kappa shape index (κ3) is 6.25. The first-order valence-electron chi connectivity index (χ1n) is 12.1. The van der Waals surface area contributed by atoms with Gasteiger partial charge >= 0.3 is 11.9 Å². The fraction of sp³-hybridized carbons (Fsp3) is 0.360. The molecule has 0 unspecified atom stereocenters. The SMILES string of the molecule is O=C(Cc1ccncc1-n1cnc(Cn2nc(-c3ccc(Cl)cc3)n(C[C@H](O)C(F)(F)F)c2=O)n1)CC1CC1. The smallest absolute Gasteiger partial charge is 0.382 e. The van der Waals surface area contributed by atoms with E-state index in [0.717, 1.165) is 27.7 Å². The van der Waals surface area contributed by atoms with E-state index in [4.69, 9.17) is 11.6 Å². The molecule has 4 aromatic rings. The molecule has 39 heavy (non-hydrogen) atoms. The van der Waals surface area contributed by atoms with E-state index in [2.05, 4.69) is 20.2 Å². The van der Waals surface area contributed by atoms with Gasteiger partial charge in [0.05, 0.1) is 18.4 Å². The Balaban J connectivity index is 1.42. The number of benzene rings is 1. The second kappa shape index (κ2) is 10.7. The number of hydrogen-bond donors (Lipinski definition) is 1. The molecule has 0 bridgehead atoms. The van der Waals surface area contributed by atoms with Crippen LogP contribution in [0.2, 0.25) is 5.02 Å². The number of rotatable bonds is 10. The van der Waals surface area contributed by atoms with Crippen LogP contribution in [0.25, 0.3) is 17.1 Å². The molecule has 3 heterocycles. The number of aromatic nitrogens is 7. The van der Waals surface area contributed by atoms with Crippen LogP contribution >= 0.6 is 11.6 Å². The van der Waals surface area contributed by atoms with Crippen molar-refractivity contribution in [3.8, 4) is 17.1 Å². The highest BCUT2D eigenvalue weighted by Crippen LogP contribution is 2.33. The summed E-state index contributed by atoms with van der Waals surface area (Å²) in [4.78, 5) is 33.9. The Bertz CT molecular complexity index is 1540. The van der Waals surface area contributed by atoms with Gasteiger partial charge < -0.3 is 5.11 Å². The molecule has 1 saturated carbocycles. The molecule has 1 aliphatic rings. The molecule has 1 atom stereocenters. The highest BCUT2D eigenvalue weighted by Gasteiger charge is 2.39. The average molecular weight is 562 g/mol. The van der Waals surface area contributed by atoms with Crippen LogP contribution in [0.15, 0.2) is 53.8 Å². The van der Waals surface area contributed by atoms with Gasteiger partial charge in [0.1, 0.15) is 18.7 Å². The van der Waals surface area contributed by atoms with E-state index < -0.39 is 24.5 Å². The Kier molecular flexibility index (Phi) is 7.36. The van der Waals surface area contributed by atoms with Gasteiger partial charge in [0.25, 0.3) is 0 Å². The summed E-state index contributed by atoms with van der Waals surface area (Å²) in [5, 5.41) is 18.6. The molecule has 0 aliphatic heterocycles. The Hall–Kier alpha value is -3.84.